The molecule has 0 spiro atoms. The number of anilines is 1. The Labute approximate surface area is 622 Å². The molecule has 1 aliphatic carbocycles. The molecule has 1 saturated carbocycles. The summed E-state index contributed by atoms with van der Waals surface area (Å²) in [6, 6.07) is 39.4. The number of carbonyl (C=O) groups is 7. The van der Waals surface area contributed by atoms with E-state index in [0.29, 0.717) is 161 Å². The number of carbonyl (C=O) groups excluding carboxylic acids is 7. The van der Waals surface area contributed by atoms with Crippen LogP contribution in [0.4, 0.5) is 16.2 Å². The van der Waals surface area contributed by atoms with Crippen LogP contribution in [-0.4, -0.2) is 211 Å². The van der Waals surface area contributed by atoms with Crippen molar-refractivity contribution in [3.63, 3.8) is 0 Å². The molecule has 6 amide bonds. The molecule has 107 heavy (non-hydrogen) atoms. The van der Waals surface area contributed by atoms with Crippen LogP contribution in [-0.2, 0) is 101 Å². The van der Waals surface area contributed by atoms with Gasteiger partial charge in [-0.15, -0.1) is 5.10 Å². The Morgan fingerprint density at radius 1 is 0.589 bits per heavy atom. The van der Waals surface area contributed by atoms with Gasteiger partial charge in [-0.3, -0.25) is 49.1 Å². The van der Waals surface area contributed by atoms with Crippen LogP contribution in [0.3, 0.4) is 0 Å². The van der Waals surface area contributed by atoms with Gasteiger partial charge >= 0.3 is 6.16 Å². The topological polar surface area (TPSA) is 358 Å². The Bertz CT molecular complexity index is 3640. The molecule has 1 fully saturated rings. The number of benzene rings is 5. The van der Waals surface area contributed by atoms with Crippen LogP contribution in [0.1, 0.15) is 78.5 Å². The molecule has 1 atom stereocenters. The normalized spacial score (nSPS) is 14.5. The molecule has 1 aliphatic heterocycles. The van der Waals surface area contributed by atoms with Crippen molar-refractivity contribution in [2.24, 2.45) is 11.8 Å². The zero-order chi connectivity index (χ0) is 75.5. The zero-order valence-corrected chi connectivity index (χ0v) is 60.5. The van der Waals surface area contributed by atoms with Crippen molar-refractivity contribution in [3.8, 4) is 5.75 Å². The highest BCUT2D eigenvalue weighted by molar-refractivity contribution is 6.12. The lowest BCUT2D eigenvalue weighted by atomic mass is 9.76. The molecule has 2 aliphatic rings. The van der Waals surface area contributed by atoms with E-state index >= 15 is 0 Å². The molecule has 5 N–H and O–H groups in total. The molecule has 2 heterocycles. The van der Waals surface area contributed by atoms with Gasteiger partial charge in [0.2, 0.25) is 23.6 Å². The Morgan fingerprint density at radius 3 is 1.68 bits per heavy atom. The SMILES string of the molecule is Cc1ccc(C(NCCCC[C@@H](NC(=O)COCC(=O)NCCOCCOCCOCCOCCOCCOCCOCCOCCn2cc(CNC(=O)C3CCC(CN4C(=O)C=CC4=O)CC3)nn2)C(=O)Nc2ccc(COC(=O)Oc3ccc([N+](=O)[O-])cc3)cc2)(c2ccccc2)c2ccccc2)cc1. The lowest BCUT2D eigenvalue weighted by Crippen LogP contribution is -2.46. The number of ether oxygens (including phenoxy) is 11. The number of imide groups is 1. The first-order valence-corrected chi connectivity index (χ1v) is 36.1. The first-order chi connectivity index (χ1) is 52.2. The standard InChI is InChI=1S/C77H98N10O20/c1-58-15-23-64(24-16-58)77(62-10-4-2-5-11-62,63-12-6-3-7-13-63)80-33-9-8-14-69(75(93)81-65-25-19-60(20-26-65)55-106-76(94)107-68-29-27-67(28-30-68)87(95)96)82-71(89)57-105-56-70(88)78-34-36-97-38-40-99-42-44-101-46-48-103-50-51-104-49-47-102-45-43-100-41-39-98-37-35-85-54-66(83-84-85)52-79-74(92)61-21-17-59(18-22-61)53-86-72(90)31-32-73(86)91/h2-7,10-13,15-16,19-20,23-32,54,59,61,69,80H,8-9,14,17-18,21-22,33-53,55-57H2,1H3,(H,78,88)(H,79,92)(H,81,93)(H,82,89)/t59?,61?,69-/m1/s1. The van der Waals surface area contributed by atoms with E-state index in [0.717, 1.165) is 35.1 Å². The quantitative estimate of drug-likeness (QED) is 0.00504. The van der Waals surface area contributed by atoms with Gasteiger partial charge in [0.05, 0.1) is 135 Å². The van der Waals surface area contributed by atoms with Gasteiger partial charge in [-0.05, 0) is 111 Å². The van der Waals surface area contributed by atoms with Crippen LogP contribution in [0.2, 0.25) is 0 Å². The molecule has 0 unspecified atom stereocenters. The van der Waals surface area contributed by atoms with Gasteiger partial charge in [0.1, 0.15) is 37.3 Å². The Kier molecular flexibility index (Phi) is 36.5. The number of hydrogen-bond acceptors (Lipinski definition) is 23. The minimum atomic E-state index is -1.02. The van der Waals surface area contributed by atoms with Gasteiger partial charge in [0.25, 0.3) is 17.5 Å². The number of unbranched alkanes of at least 4 members (excludes halogenated alkanes) is 1. The summed E-state index contributed by atoms with van der Waals surface area (Å²) >= 11 is 0. The second-order valence-corrected chi connectivity index (χ2v) is 25.2. The van der Waals surface area contributed by atoms with Crippen LogP contribution < -0.4 is 31.3 Å². The van der Waals surface area contributed by atoms with Gasteiger partial charge in [0.15, 0.2) is 0 Å². The van der Waals surface area contributed by atoms with Gasteiger partial charge in [0, 0.05) is 49.0 Å². The second-order valence-electron chi connectivity index (χ2n) is 25.2. The first-order valence-electron chi connectivity index (χ1n) is 36.1. The summed E-state index contributed by atoms with van der Waals surface area (Å²) in [7, 11) is 0. The average molecular weight is 1480 g/mol. The third-order valence-electron chi connectivity index (χ3n) is 17.4. The van der Waals surface area contributed by atoms with Crippen LogP contribution in [0, 0.1) is 28.9 Å². The molecule has 30 heteroatoms. The molecule has 0 radical (unpaired) electrons. The third kappa shape index (κ3) is 29.9. The molecule has 30 nitrogen and oxygen atoms in total. The monoisotopic (exact) mass is 1480 g/mol. The number of amides is 6. The van der Waals surface area contributed by atoms with Gasteiger partial charge in [-0.1, -0.05) is 108 Å². The predicted molar refractivity (Wildman–Crippen MR) is 390 cm³/mol. The largest absolute Gasteiger partial charge is 0.514 e. The highest BCUT2D eigenvalue weighted by Gasteiger charge is 2.36. The van der Waals surface area contributed by atoms with E-state index < -0.39 is 53.6 Å². The summed E-state index contributed by atoms with van der Waals surface area (Å²) in [5.74, 6) is -1.94. The Hall–Kier alpha value is -9.73. The number of hydrogen-bond donors (Lipinski definition) is 5. The van der Waals surface area contributed by atoms with Crippen LogP contribution >= 0.6 is 0 Å². The van der Waals surface area contributed by atoms with Crippen molar-refractivity contribution in [1.82, 2.24) is 41.2 Å². The van der Waals surface area contributed by atoms with Crippen molar-refractivity contribution >= 4 is 53.0 Å². The Balaban J connectivity index is 0.606. The fourth-order valence-corrected chi connectivity index (χ4v) is 11.7. The van der Waals surface area contributed by atoms with Crippen molar-refractivity contribution < 1.29 is 90.6 Å². The number of non-ortho nitro benzene ring substituents is 1. The van der Waals surface area contributed by atoms with Crippen molar-refractivity contribution in [3.05, 3.63) is 195 Å². The van der Waals surface area contributed by atoms with Crippen LogP contribution in [0.5, 0.6) is 5.75 Å². The minimum Gasteiger partial charge on any atom is -0.429 e. The zero-order valence-electron chi connectivity index (χ0n) is 60.5. The van der Waals surface area contributed by atoms with Crippen LogP contribution in [0.25, 0.3) is 0 Å². The fraction of sp³-hybridized carbons (Fsp3) is 0.468. The molecular formula is C77H98N10O20. The number of nitrogens with one attached hydrogen (secondary N) is 5. The molecule has 0 bridgehead atoms. The maximum atomic E-state index is 14.0. The van der Waals surface area contributed by atoms with Crippen molar-refractivity contribution in [1.29, 1.82) is 0 Å². The van der Waals surface area contributed by atoms with E-state index in [9.17, 15) is 43.7 Å². The number of aromatic nitrogens is 3. The van der Waals surface area contributed by atoms with E-state index in [2.05, 4.69) is 92.4 Å². The third-order valence-corrected chi connectivity index (χ3v) is 17.4. The fourth-order valence-electron chi connectivity index (χ4n) is 11.7. The highest BCUT2D eigenvalue weighted by atomic mass is 16.7. The maximum absolute atomic E-state index is 14.0. The second kappa shape index (κ2) is 47.1. The first kappa shape index (κ1) is 82.9. The molecule has 8 rings (SSSR count). The highest BCUT2D eigenvalue weighted by Crippen LogP contribution is 2.37. The molecule has 6 aromatic rings. The summed E-state index contributed by atoms with van der Waals surface area (Å²) in [6.45, 7) is 9.02. The van der Waals surface area contributed by atoms with Gasteiger partial charge in [-0.25, -0.2) is 9.48 Å². The van der Waals surface area contributed by atoms with E-state index in [1.54, 1.807) is 35.1 Å². The maximum Gasteiger partial charge on any atom is 0.514 e. The van der Waals surface area contributed by atoms with E-state index in [-0.39, 0.29) is 73.7 Å². The van der Waals surface area contributed by atoms with E-state index in [1.807, 2.05) is 36.4 Å². The van der Waals surface area contributed by atoms with Crippen LogP contribution in [0.15, 0.2) is 152 Å². The number of nitro benzene ring substituents is 1. The van der Waals surface area contributed by atoms with Gasteiger partial charge < -0.3 is 73.4 Å². The smallest absolute Gasteiger partial charge is 0.429 e. The summed E-state index contributed by atoms with van der Waals surface area (Å²) in [5, 5.41) is 34.4. The predicted octanol–water partition coefficient (Wildman–Crippen LogP) is 6.70. The Morgan fingerprint density at radius 2 is 1.12 bits per heavy atom. The molecule has 1 aromatic heterocycles. The molecule has 5 aromatic carbocycles. The van der Waals surface area contributed by atoms with Crippen molar-refractivity contribution in [2.75, 3.05) is 144 Å². The number of rotatable bonds is 52. The van der Waals surface area contributed by atoms with E-state index in [1.165, 1.54) is 41.3 Å². The molecule has 0 saturated heterocycles. The summed E-state index contributed by atoms with van der Waals surface area (Å²) in [6.07, 6.45) is 7.76. The van der Waals surface area contributed by atoms with Gasteiger partial charge in [-0.2, -0.15) is 0 Å². The lowest BCUT2D eigenvalue weighted by molar-refractivity contribution is -0.384. The number of aryl methyl sites for hydroxylation is 1. The van der Waals surface area contributed by atoms with E-state index in [4.69, 9.17) is 52.1 Å². The minimum absolute atomic E-state index is 0.0270. The average Bonchev–Trinajstić information content (AvgIpc) is 0.800. The lowest BCUT2D eigenvalue weighted by Gasteiger charge is -2.37. The molecular weight excluding hydrogens is 1380 g/mol. The summed E-state index contributed by atoms with van der Waals surface area (Å²) < 4.78 is 62.1. The number of nitro groups is 1. The van der Waals surface area contributed by atoms with Crippen molar-refractivity contribution in [2.45, 2.75) is 83.1 Å². The number of nitrogens with zero attached hydrogens (tertiary/aromatic N) is 5. The molecule has 576 valence electrons. The summed E-state index contributed by atoms with van der Waals surface area (Å²) in [5.41, 5.74) is 5.08. The summed E-state index contributed by atoms with van der Waals surface area (Å²) in [4.78, 5) is 101.